The van der Waals surface area contributed by atoms with Crippen molar-refractivity contribution in [2.75, 3.05) is 26.4 Å². The molecule has 0 amide bonds. The summed E-state index contributed by atoms with van der Waals surface area (Å²) in [5.74, 6) is -6.67. The average molecular weight is 1610 g/mol. The highest BCUT2D eigenvalue weighted by Crippen LogP contribution is 2.38. The van der Waals surface area contributed by atoms with E-state index in [2.05, 4.69) is 33.5 Å². The number of aliphatic hydroxyl groups is 7. The van der Waals surface area contributed by atoms with E-state index in [1.165, 1.54) is 0 Å². The molecule has 4 aliphatic heterocycles. The van der Waals surface area contributed by atoms with Crippen LogP contribution in [0.5, 0.6) is 0 Å². The Morgan fingerprint density at radius 3 is 1.38 bits per heavy atom. The van der Waals surface area contributed by atoms with Crippen LogP contribution in [0.1, 0.15) is 13.8 Å². The number of carboxylic acid groups (broad SMARTS) is 2. The molecule has 4 heterocycles. The van der Waals surface area contributed by atoms with Crippen molar-refractivity contribution in [2.24, 2.45) is 11.5 Å². The number of nitrogens with two attached hydrogens (primary N) is 2. The summed E-state index contributed by atoms with van der Waals surface area (Å²) in [4.78, 5) is 25.3. The zero-order valence-electron chi connectivity index (χ0n) is 48.2. The second-order valence-corrected chi connectivity index (χ2v) is 28.6. The van der Waals surface area contributed by atoms with Crippen LogP contribution in [0, 0.1) is 0 Å². The van der Waals surface area contributed by atoms with E-state index >= 15 is 0 Å². The molecule has 0 radical (unpaired) electrons. The summed E-state index contributed by atoms with van der Waals surface area (Å²) < 4.78 is 351. The molecule has 4 fully saturated rings. The molecular formula is C36H62N2O52S8. The lowest BCUT2D eigenvalue weighted by atomic mass is 9.94. The quantitative estimate of drug-likeness (QED) is 0.0156. The van der Waals surface area contributed by atoms with E-state index in [0.717, 1.165) is 13.8 Å². The summed E-state index contributed by atoms with van der Waals surface area (Å²) in [6.07, 6.45) is -67.6. The van der Waals surface area contributed by atoms with Crippen LogP contribution in [0.4, 0.5) is 0 Å². The molecule has 4 saturated heterocycles. The van der Waals surface area contributed by atoms with Crippen molar-refractivity contribution in [3.05, 3.63) is 11.8 Å². The fraction of sp³-hybridized carbons (Fsp3) is 0.889. The van der Waals surface area contributed by atoms with Gasteiger partial charge in [0.2, 0.25) is 0 Å². The molecule has 576 valence electrons. The Morgan fingerprint density at radius 1 is 0.490 bits per heavy atom. The first kappa shape index (κ1) is 87.2. The van der Waals surface area contributed by atoms with Crippen molar-refractivity contribution in [2.45, 2.75) is 173 Å². The van der Waals surface area contributed by atoms with Gasteiger partial charge in [-0.25, -0.2) is 43.1 Å². The first-order chi connectivity index (χ1) is 44.3. The molecule has 98 heavy (non-hydrogen) atoms. The number of hydrogen-bond acceptors (Lipinski definition) is 44. The monoisotopic (exact) mass is 1610 g/mol. The van der Waals surface area contributed by atoms with Gasteiger partial charge in [0.15, 0.2) is 49.2 Å². The maximum Gasteiger partial charge on any atom is 0.397 e. The van der Waals surface area contributed by atoms with Gasteiger partial charge in [-0.1, -0.05) is 0 Å². The van der Waals surface area contributed by atoms with E-state index in [4.69, 9.17) is 58.7 Å². The highest BCUT2D eigenvalue weighted by molar-refractivity contribution is 7.82. The minimum atomic E-state index is -6.08. The number of aliphatic hydroxyl groups excluding tert-OH is 7. The van der Waals surface area contributed by atoms with Gasteiger partial charge in [-0.2, -0.15) is 67.3 Å². The molecule has 11 unspecified atom stereocenters. The number of hydrogen-bond donors (Lipinski definition) is 19. The molecule has 4 aliphatic rings. The molecular weight excluding hydrogens is 1550 g/mol. The summed E-state index contributed by atoms with van der Waals surface area (Å²) in [6, 6.07) is -5.04. The standard InChI is InChI=1S/C36H62N2O52S8/c1-8-20(85-93(56,57)58)17(43)27(89-97(68,69)70)35(77-8)79-14(3-11(40)31(46)47)12(41)5-74-25-16(38)33(80-15(7-76-92(53,54)55)24(25)88-96(65,66)67)83-29-26(82-36-28(90-98(71,72)73)18(44)21(9(2)78-36)86-94(59,60)61)19(45)34(84-30(29)32(48)49)81-22(10(37)4-39)23(87-95(62,63)64)13(42)6-75-91(50,51)52/h3,8-10,12-30,33-36,39-45H,4-7,37-38H2,1-2H3,(H,46,47)(H,48,49)(H,50,51,52)(H,53,54,55)(H,56,57,58)(H,59,60,61)(H,62,63,64)(H,65,66,67)(H,68,69,70)(H,71,72,73)/b11-3-/t8?,9?,10?,12?,13?,14-,15?,16?,17-,18-,19-,20+,21+,22+,23-,24-,25+,26?,27?,28?,29-,30?,33-,34+,35-,36-/m0/s1. The van der Waals surface area contributed by atoms with Crippen LogP contribution >= 0.6 is 0 Å². The predicted octanol–water partition coefficient (Wildman–Crippen LogP) is -12.3. The molecule has 0 aromatic heterocycles. The molecule has 0 saturated carbocycles. The topological polar surface area (TPSA) is 860 Å². The van der Waals surface area contributed by atoms with Crippen molar-refractivity contribution in [1.82, 2.24) is 0 Å². The Kier molecular flexibility index (Phi) is 30.4. The van der Waals surface area contributed by atoms with E-state index in [9.17, 15) is 155 Å². The molecule has 0 aliphatic carbocycles. The van der Waals surface area contributed by atoms with E-state index in [1.807, 2.05) is 0 Å². The molecule has 4 rings (SSSR count). The Morgan fingerprint density at radius 2 is 0.939 bits per heavy atom. The summed E-state index contributed by atoms with van der Waals surface area (Å²) in [5, 5.41) is 97.5. The zero-order chi connectivity index (χ0) is 75.3. The number of rotatable bonds is 37. The Labute approximate surface area is 551 Å². The molecule has 0 aromatic carbocycles. The summed E-state index contributed by atoms with van der Waals surface area (Å²) >= 11 is 0. The van der Waals surface area contributed by atoms with Gasteiger partial charge in [-0.3, -0.25) is 36.4 Å². The minimum absolute atomic E-state index is 0.0186. The predicted molar refractivity (Wildman–Crippen MR) is 288 cm³/mol. The largest absolute Gasteiger partial charge is 0.502 e. The maximum absolute atomic E-state index is 13.5. The second-order valence-electron chi connectivity index (χ2n) is 20.2. The van der Waals surface area contributed by atoms with Crippen molar-refractivity contribution in [3.63, 3.8) is 0 Å². The van der Waals surface area contributed by atoms with Crippen LogP contribution in [0.3, 0.4) is 0 Å². The third-order valence-corrected chi connectivity index (χ3v) is 16.7. The fourth-order valence-corrected chi connectivity index (χ4v) is 12.9. The van der Waals surface area contributed by atoms with Crippen molar-refractivity contribution in [1.29, 1.82) is 0 Å². The van der Waals surface area contributed by atoms with Gasteiger partial charge in [0.25, 0.3) is 0 Å². The molecule has 0 bridgehead atoms. The summed E-state index contributed by atoms with van der Waals surface area (Å²) in [6.45, 7) is -5.45. The lowest BCUT2D eigenvalue weighted by Crippen LogP contribution is -2.70. The van der Waals surface area contributed by atoms with Gasteiger partial charge in [0, 0.05) is 0 Å². The molecule has 0 spiro atoms. The van der Waals surface area contributed by atoms with Crippen LogP contribution in [0.15, 0.2) is 11.8 Å². The highest BCUT2D eigenvalue weighted by atomic mass is 32.3. The Balaban J connectivity index is 1.99. The SMILES string of the molecule is CC1O[C@@H](OC2[C@H](O[C@@H]3OC(COS(=O)(=O)O)[C@H](OS(=O)(=O)O)[C@H](OCC(O)[C@H](/C=C(\O)C(=O)O)O[C@@H]4OC(C)[C@@H](OS(=O)(=O)O)[C@H](O)C4OS(=O)(=O)O)C3N)C(C(=O)O)O[C@@H](O[C@H](C(N)CO)[C@@H](OS(=O)(=O)O)C(O)COS(=O)(=O)O)[C@H]2O)C(OS(=O)(=O)O)[C@@H](O)[C@@H]1OS(=O)(=O)O. The normalized spacial score (nSPS) is 34.2. The van der Waals surface area contributed by atoms with Gasteiger partial charge in [-0.15, -0.1) is 0 Å². The highest BCUT2D eigenvalue weighted by Gasteiger charge is 2.60. The first-order valence-corrected chi connectivity index (χ1v) is 36.6. The van der Waals surface area contributed by atoms with Crippen LogP contribution in [-0.4, -0.2) is 347 Å². The lowest BCUT2D eigenvalue weighted by molar-refractivity contribution is -0.378. The Bertz CT molecular complexity index is 3690. The molecule has 54 nitrogen and oxygen atoms in total. The average Bonchev–Trinajstić information content (AvgIpc) is 0.765. The molecule has 26 atom stereocenters. The van der Waals surface area contributed by atoms with Crippen molar-refractivity contribution in [3.8, 4) is 0 Å². The first-order valence-electron chi connectivity index (χ1n) is 25.7. The van der Waals surface area contributed by atoms with Crippen molar-refractivity contribution >= 4 is 95.1 Å². The van der Waals surface area contributed by atoms with Crippen LogP contribution in [0.2, 0.25) is 0 Å². The second kappa shape index (κ2) is 34.1. The summed E-state index contributed by atoms with van der Waals surface area (Å²) in [7, 11) is -46.8. The number of carbonyl (C=O) groups is 2. The van der Waals surface area contributed by atoms with Crippen LogP contribution in [-0.2, 0) is 169 Å². The number of aliphatic carboxylic acids is 2. The smallest absolute Gasteiger partial charge is 0.397 e. The van der Waals surface area contributed by atoms with E-state index in [-0.39, 0.29) is 6.08 Å². The third-order valence-electron chi connectivity index (χ3n) is 13.0. The molecule has 21 N–H and O–H groups in total. The van der Waals surface area contributed by atoms with Crippen molar-refractivity contribution < 1.29 is 235 Å². The number of ether oxygens (including phenoxy) is 9. The van der Waals surface area contributed by atoms with E-state index < -0.39 is 287 Å². The molecule has 0 aromatic rings. The third kappa shape index (κ3) is 27.1. The van der Waals surface area contributed by atoms with Gasteiger partial charge in [-0.05, 0) is 19.9 Å². The van der Waals surface area contributed by atoms with Gasteiger partial charge in [0.1, 0.15) is 91.6 Å². The van der Waals surface area contributed by atoms with Crippen LogP contribution < -0.4 is 11.5 Å². The number of carboxylic acids is 2. The fourth-order valence-electron chi connectivity index (χ4n) is 9.13. The van der Waals surface area contributed by atoms with Gasteiger partial charge in [0.05, 0.1) is 50.7 Å². The zero-order valence-corrected chi connectivity index (χ0v) is 54.8. The lowest BCUT2D eigenvalue weighted by Gasteiger charge is -2.50. The summed E-state index contributed by atoms with van der Waals surface area (Å²) in [5.41, 5.74) is 12.3. The minimum Gasteiger partial charge on any atom is -0.502 e. The van der Waals surface area contributed by atoms with E-state index in [0.29, 0.717) is 0 Å². The van der Waals surface area contributed by atoms with E-state index in [1.54, 1.807) is 0 Å². The maximum atomic E-state index is 13.5. The van der Waals surface area contributed by atoms with Gasteiger partial charge < -0.3 is 100 Å². The molecule has 62 heteroatoms. The van der Waals surface area contributed by atoms with Gasteiger partial charge >= 0.3 is 95.1 Å². The Hall–Kier alpha value is -3.24. The van der Waals surface area contributed by atoms with Crippen LogP contribution in [0.25, 0.3) is 0 Å².